The standard InChI is InChI=1S/C26H16ClF3N2O2/c27-21-9-10-22-20(11-19(13-31)16-5-7-17(8-6-16)25(33)34)15-32(24(22)12-21)14-18-3-1-2-4-23(18)26(28,29)30/h1-12,15H,14H2,(H,33,34)/b19-11+. The van der Waals surface area contributed by atoms with Crippen molar-refractivity contribution >= 4 is 40.1 Å². The van der Waals surface area contributed by atoms with E-state index in [0.29, 0.717) is 27.1 Å². The second-order valence-corrected chi connectivity index (χ2v) is 8.02. The van der Waals surface area contributed by atoms with Crippen LogP contribution in [0.15, 0.2) is 72.9 Å². The fourth-order valence-corrected chi connectivity index (χ4v) is 3.95. The van der Waals surface area contributed by atoms with E-state index in [1.165, 1.54) is 36.4 Å². The number of fused-ring (bicyclic) bond motifs is 1. The third kappa shape index (κ3) is 4.68. The van der Waals surface area contributed by atoms with Crippen LogP contribution in [0.3, 0.4) is 0 Å². The first-order chi connectivity index (χ1) is 16.2. The number of rotatable bonds is 5. The van der Waals surface area contributed by atoms with E-state index in [2.05, 4.69) is 6.07 Å². The van der Waals surface area contributed by atoms with Crippen molar-refractivity contribution in [3.63, 3.8) is 0 Å². The number of carboxylic acids is 1. The molecular formula is C26H16ClF3N2O2. The number of carboxylic acid groups (broad SMARTS) is 1. The number of hydrogen-bond acceptors (Lipinski definition) is 2. The molecule has 0 amide bonds. The maximum Gasteiger partial charge on any atom is 0.416 e. The highest BCUT2D eigenvalue weighted by Gasteiger charge is 2.33. The summed E-state index contributed by atoms with van der Waals surface area (Å²) in [6.45, 7) is -0.0461. The number of aromatic carboxylic acids is 1. The molecule has 1 heterocycles. The van der Waals surface area contributed by atoms with E-state index in [-0.39, 0.29) is 23.2 Å². The van der Waals surface area contributed by atoms with E-state index in [1.54, 1.807) is 41.1 Å². The van der Waals surface area contributed by atoms with Crippen LogP contribution >= 0.6 is 11.6 Å². The average molecular weight is 481 g/mol. The number of hydrogen-bond donors (Lipinski definition) is 1. The molecule has 0 unspecified atom stereocenters. The van der Waals surface area contributed by atoms with Crippen molar-refractivity contribution in [3.8, 4) is 6.07 Å². The number of nitriles is 1. The van der Waals surface area contributed by atoms with Crippen LogP contribution in [0.25, 0.3) is 22.6 Å². The smallest absolute Gasteiger partial charge is 0.416 e. The van der Waals surface area contributed by atoms with Crippen molar-refractivity contribution in [3.05, 3.63) is 106 Å². The zero-order chi connectivity index (χ0) is 24.5. The molecule has 170 valence electrons. The van der Waals surface area contributed by atoms with Crippen molar-refractivity contribution in [2.24, 2.45) is 0 Å². The lowest BCUT2D eigenvalue weighted by atomic mass is 10.0. The first kappa shape index (κ1) is 23.1. The Morgan fingerprint density at radius 1 is 1.06 bits per heavy atom. The van der Waals surface area contributed by atoms with Gasteiger partial charge in [-0.15, -0.1) is 0 Å². The highest BCUT2D eigenvalue weighted by Crippen LogP contribution is 2.34. The first-order valence-electron chi connectivity index (χ1n) is 10.1. The Balaban J connectivity index is 1.82. The Kier molecular flexibility index (Phi) is 6.18. The third-order valence-electron chi connectivity index (χ3n) is 5.40. The van der Waals surface area contributed by atoms with E-state index in [4.69, 9.17) is 16.7 Å². The summed E-state index contributed by atoms with van der Waals surface area (Å²) < 4.78 is 42.2. The van der Waals surface area contributed by atoms with E-state index in [0.717, 1.165) is 6.07 Å². The van der Waals surface area contributed by atoms with E-state index < -0.39 is 17.7 Å². The SMILES string of the molecule is N#C/C(=C\c1cn(Cc2ccccc2C(F)(F)F)c2cc(Cl)ccc12)c1ccc(C(=O)O)cc1. The number of halogens is 4. The summed E-state index contributed by atoms with van der Waals surface area (Å²) >= 11 is 6.17. The minimum atomic E-state index is -4.49. The molecule has 4 aromatic rings. The second-order valence-electron chi connectivity index (χ2n) is 7.58. The van der Waals surface area contributed by atoms with E-state index >= 15 is 0 Å². The topological polar surface area (TPSA) is 66.0 Å². The van der Waals surface area contributed by atoms with Gasteiger partial charge in [-0.3, -0.25) is 0 Å². The number of alkyl halides is 3. The monoisotopic (exact) mass is 480 g/mol. The van der Waals surface area contributed by atoms with Crippen LogP contribution in [0.5, 0.6) is 0 Å². The molecule has 0 saturated carbocycles. The van der Waals surface area contributed by atoms with Crippen molar-refractivity contribution in [2.45, 2.75) is 12.7 Å². The van der Waals surface area contributed by atoms with E-state index in [1.807, 2.05) is 0 Å². The van der Waals surface area contributed by atoms with Gasteiger partial charge in [-0.1, -0.05) is 48.0 Å². The molecule has 34 heavy (non-hydrogen) atoms. The summed E-state index contributed by atoms with van der Waals surface area (Å²) in [6, 6.07) is 18.4. The quantitative estimate of drug-likeness (QED) is 0.309. The zero-order valence-corrected chi connectivity index (χ0v) is 18.2. The summed E-state index contributed by atoms with van der Waals surface area (Å²) in [6.07, 6.45) is -1.19. The maximum atomic E-state index is 13.5. The molecule has 0 fully saturated rings. The Bertz CT molecular complexity index is 1460. The molecule has 0 atom stereocenters. The Morgan fingerprint density at radius 2 is 1.74 bits per heavy atom. The van der Waals surface area contributed by atoms with Crippen LogP contribution in [-0.4, -0.2) is 15.6 Å². The summed E-state index contributed by atoms with van der Waals surface area (Å²) in [7, 11) is 0. The minimum Gasteiger partial charge on any atom is -0.478 e. The lowest BCUT2D eigenvalue weighted by molar-refractivity contribution is -0.138. The summed E-state index contributed by atoms with van der Waals surface area (Å²) in [5.41, 5.74) is 1.52. The van der Waals surface area contributed by atoms with Gasteiger partial charge in [-0.05, 0) is 47.5 Å². The predicted octanol–water partition coefficient (Wildman–Crippen LogP) is 7.12. The average Bonchev–Trinajstić information content (AvgIpc) is 3.13. The highest BCUT2D eigenvalue weighted by molar-refractivity contribution is 6.31. The molecule has 0 bridgehead atoms. The molecule has 0 aliphatic heterocycles. The number of nitrogens with zero attached hydrogens (tertiary/aromatic N) is 2. The van der Waals surface area contributed by atoms with Gasteiger partial charge in [0.25, 0.3) is 0 Å². The van der Waals surface area contributed by atoms with Crippen LogP contribution in [0.2, 0.25) is 5.02 Å². The highest BCUT2D eigenvalue weighted by atomic mass is 35.5. The number of benzene rings is 3. The van der Waals surface area contributed by atoms with Crippen LogP contribution < -0.4 is 0 Å². The molecule has 3 aromatic carbocycles. The Morgan fingerprint density at radius 3 is 2.38 bits per heavy atom. The number of aromatic nitrogens is 1. The molecule has 8 heteroatoms. The van der Waals surface area contributed by atoms with Crippen LogP contribution in [0.1, 0.15) is 32.6 Å². The molecule has 0 aliphatic rings. The van der Waals surface area contributed by atoms with Gasteiger partial charge in [0.05, 0.1) is 28.3 Å². The Hall–Kier alpha value is -4.02. The van der Waals surface area contributed by atoms with Crippen molar-refractivity contribution in [2.75, 3.05) is 0 Å². The van der Waals surface area contributed by atoms with E-state index in [9.17, 15) is 23.2 Å². The summed E-state index contributed by atoms with van der Waals surface area (Å²) in [5.74, 6) is -1.08. The largest absolute Gasteiger partial charge is 0.478 e. The predicted molar refractivity (Wildman–Crippen MR) is 124 cm³/mol. The summed E-state index contributed by atoms with van der Waals surface area (Å²) in [4.78, 5) is 11.1. The molecule has 4 rings (SSSR count). The molecule has 0 saturated heterocycles. The van der Waals surface area contributed by atoms with Crippen LogP contribution in [-0.2, 0) is 12.7 Å². The fourth-order valence-electron chi connectivity index (χ4n) is 3.79. The first-order valence-corrected chi connectivity index (χ1v) is 10.4. The molecular weight excluding hydrogens is 465 g/mol. The minimum absolute atomic E-state index is 0.0461. The van der Waals surface area contributed by atoms with Gasteiger partial charge in [0.2, 0.25) is 0 Å². The Labute approximate surface area is 197 Å². The van der Waals surface area contributed by atoms with Gasteiger partial charge >= 0.3 is 12.1 Å². The fraction of sp³-hybridized carbons (Fsp3) is 0.0769. The molecule has 1 aromatic heterocycles. The number of carbonyl (C=O) groups is 1. The zero-order valence-electron chi connectivity index (χ0n) is 17.5. The molecule has 4 nitrogen and oxygen atoms in total. The van der Waals surface area contributed by atoms with Crippen molar-refractivity contribution in [1.82, 2.24) is 4.57 Å². The molecule has 0 aliphatic carbocycles. The van der Waals surface area contributed by atoms with Gasteiger partial charge in [-0.25, -0.2) is 4.79 Å². The molecule has 0 spiro atoms. The second kappa shape index (κ2) is 9.08. The lowest BCUT2D eigenvalue weighted by Crippen LogP contribution is -2.11. The van der Waals surface area contributed by atoms with Gasteiger partial charge in [0, 0.05) is 28.7 Å². The van der Waals surface area contributed by atoms with Gasteiger partial charge in [0.1, 0.15) is 0 Å². The third-order valence-corrected chi connectivity index (χ3v) is 5.64. The van der Waals surface area contributed by atoms with Crippen molar-refractivity contribution in [1.29, 1.82) is 5.26 Å². The van der Waals surface area contributed by atoms with Crippen LogP contribution in [0.4, 0.5) is 13.2 Å². The van der Waals surface area contributed by atoms with Gasteiger partial charge in [-0.2, -0.15) is 18.4 Å². The van der Waals surface area contributed by atoms with Gasteiger partial charge in [0.15, 0.2) is 0 Å². The van der Waals surface area contributed by atoms with Crippen LogP contribution in [0, 0.1) is 11.3 Å². The normalized spacial score (nSPS) is 12.0. The maximum absolute atomic E-state index is 13.5. The summed E-state index contributed by atoms with van der Waals surface area (Å²) in [5, 5.41) is 19.9. The molecule has 1 N–H and O–H groups in total. The molecule has 0 radical (unpaired) electrons. The van der Waals surface area contributed by atoms with Crippen molar-refractivity contribution < 1.29 is 23.1 Å². The lowest BCUT2D eigenvalue weighted by Gasteiger charge is -2.14. The van der Waals surface area contributed by atoms with Gasteiger partial charge < -0.3 is 9.67 Å². The number of allylic oxidation sites excluding steroid dienone is 1.